The summed E-state index contributed by atoms with van der Waals surface area (Å²) in [6, 6.07) is 15.4. The van der Waals surface area contributed by atoms with Crippen molar-refractivity contribution in [3.8, 4) is 5.69 Å². The molecular formula is C24H26N6O2S2. The van der Waals surface area contributed by atoms with Crippen LogP contribution in [0, 0.1) is 20.8 Å². The molecule has 0 aliphatic rings. The molecular weight excluding hydrogens is 468 g/mol. The van der Waals surface area contributed by atoms with Crippen LogP contribution in [0.25, 0.3) is 5.69 Å². The van der Waals surface area contributed by atoms with E-state index in [0.717, 1.165) is 22.5 Å². The van der Waals surface area contributed by atoms with Crippen LogP contribution in [0.15, 0.2) is 57.7 Å². The van der Waals surface area contributed by atoms with Crippen molar-refractivity contribution in [2.24, 2.45) is 7.05 Å². The van der Waals surface area contributed by atoms with E-state index in [2.05, 4.69) is 20.8 Å². The van der Waals surface area contributed by atoms with E-state index in [-0.39, 0.29) is 17.2 Å². The molecule has 0 saturated carbocycles. The molecule has 1 amide bonds. The molecule has 2 heterocycles. The quantitative estimate of drug-likeness (QED) is 0.358. The molecule has 4 rings (SSSR count). The van der Waals surface area contributed by atoms with Crippen molar-refractivity contribution in [1.29, 1.82) is 0 Å². The van der Waals surface area contributed by atoms with Crippen LogP contribution in [0.1, 0.15) is 23.7 Å². The Balaban J connectivity index is 1.46. The van der Waals surface area contributed by atoms with Crippen molar-refractivity contribution in [2.45, 2.75) is 37.3 Å². The number of para-hydroxylation sites is 2. The number of nitrogens with zero attached hydrogens (tertiary/aromatic N) is 4. The maximum atomic E-state index is 13.1. The average Bonchev–Trinajstić information content (AvgIpc) is 3.34. The zero-order chi connectivity index (χ0) is 24.4. The van der Waals surface area contributed by atoms with E-state index < -0.39 is 5.25 Å². The molecule has 0 aliphatic heterocycles. The lowest BCUT2D eigenvalue weighted by Crippen LogP contribution is -2.27. The first kappa shape index (κ1) is 23.8. The Labute approximate surface area is 206 Å². The minimum atomic E-state index is -0.467. The highest BCUT2D eigenvalue weighted by molar-refractivity contribution is 8.02. The van der Waals surface area contributed by atoms with E-state index in [9.17, 15) is 9.59 Å². The summed E-state index contributed by atoms with van der Waals surface area (Å²) in [6.07, 6.45) is 0. The summed E-state index contributed by atoms with van der Waals surface area (Å²) in [5, 5.41) is 14.8. The summed E-state index contributed by atoms with van der Waals surface area (Å²) in [5.74, 6) is -0.268. The van der Waals surface area contributed by atoms with Crippen LogP contribution in [0.4, 0.5) is 16.5 Å². The number of carbonyl (C=O) groups is 1. The Morgan fingerprint density at radius 1 is 1.00 bits per heavy atom. The van der Waals surface area contributed by atoms with Crippen molar-refractivity contribution in [3.63, 3.8) is 0 Å². The first-order chi connectivity index (χ1) is 16.3. The van der Waals surface area contributed by atoms with Gasteiger partial charge in [0.15, 0.2) is 4.34 Å². The van der Waals surface area contributed by atoms with Gasteiger partial charge in [-0.3, -0.25) is 14.3 Å². The maximum absolute atomic E-state index is 13.1. The van der Waals surface area contributed by atoms with E-state index in [1.54, 1.807) is 23.3 Å². The number of hydrogen-bond acceptors (Lipinski definition) is 7. The molecule has 2 aromatic heterocycles. The van der Waals surface area contributed by atoms with Gasteiger partial charge in [0.25, 0.3) is 5.56 Å². The summed E-state index contributed by atoms with van der Waals surface area (Å²) in [5.41, 5.74) is 4.67. The molecule has 10 heteroatoms. The molecule has 4 aromatic rings. The third kappa shape index (κ3) is 4.78. The first-order valence-corrected chi connectivity index (χ1v) is 12.4. The van der Waals surface area contributed by atoms with E-state index in [1.807, 2.05) is 69.3 Å². The number of benzene rings is 2. The third-order valence-corrected chi connectivity index (χ3v) is 7.59. The minimum absolute atomic E-state index is 0.268. The van der Waals surface area contributed by atoms with Gasteiger partial charge in [-0.05, 0) is 51.0 Å². The molecule has 2 aromatic carbocycles. The van der Waals surface area contributed by atoms with Gasteiger partial charge in [-0.15, -0.1) is 10.2 Å². The number of thioether (sulfide) groups is 1. The Morgan fingerprint density at radius 3 is 2.35 bits per heavy atom. The lowest BCUT2D eigenvalue weighted by molar-refractivity contribution is -0.115. The highest BCUT2D eigenvalue weighted by Gasteiger charge is 2.22. The Kier molecular flexibility index (Phi) is 6.90. The van der Waals surface area contributed by atoms with E-state index >= 15 is 0 Å². The number of anilines is 3. The van der Waals surface area contributed by atoms with Crippen molar-refractivity contribution in [2.75, 3.05) is 10.6 Å². The van der Waals surface area contributed by atoms with E-state index in [0.29, 0.717) is 15.2 Å². The van der Waals surface area contributed by atoms with Crippen LogP contribution in [-0.2, 0) is 11.8 Å². The molecule has 0 bridgehead atoms. The number of hydrogen-bond donors (Lipinski definition) is 2. The highest BCUT2D eigenvalue weighted by atomic mass is 32.2. The van der Waals surface area contributed by atoms with Gasteiger partial charge in [-0.25, -0.2) is 4.68 Å². The molecule has 0 spiro atoms. The Morgan fingerprint density at radius 2 is 1.68 bits per heavy atom. The summed E-state index contributed by atoms with van der Waals surface area (Å²) in [6.45, 7) is 7.67. The summed E-state index contributed by atoms with van der Waals surface area (Å²) >= 11 is 2.69. The van der Waals surface area contributed by atoms with Gasteiger partial charge in [-0.2, -0.15) is 0 Å². The standard InChI is InChI=1S/C24H26N6O2S2/c1-14-10-9-11-15(2)19(14)26-23-27-28-24(34-23)33-17(4)21(31)25-20-16(3)29(5)30(22(20)32)18-12-7-6-8-13-18/h6-13,17H,1-5H3,(H,25,31)(H,26,27)/t17-/m0/s1. The smallest absolute Gasteiger partial charge is 0.295 e. The summed E-state index contributed by atoms with van der Waals surface area (Å²) in [7, 11) is 1.80. The Hall–Kier alpha value is -3.37. The fourth-order valence-corrected chi connectivity index (χ4v) is 5.47. The third-order valence-electron chi connectivity index (χ3n) is 5.57. The average molecular weight is 495 g/mol. The monoisotopic (exact) mass is 494 g/mol. The maximum Gasteiger partial charge on any atom is 0.295 e. The largest absolute Gasteiger partial charge is 0.330 e. The van der Waals surface area contributed by atoms with E-state index in [1.165, 1.54) is 23.1 Å². The number of amides is 1. The molecule has 176 valence electrons. The fraction of sp³-hybridized carbons (Fsp3) is 0.250. The van der Waals surface area contributed by atoms with Crippen molar-refractivity contribution in [3.05, 3.63) is 75.7 Å². The molecule has 2 N–H and O–H groups in total. The molecule has 0 saturated heterocycles. The topological polar surface area (TPSA) is 93.8 Å². The molecule has 34 heavy (non-hydrogen) atoms. The van der Waals surface area contributed by atoms with Crippen LogP contribution < -0.4 is 16.2 Å². The second-order valence-corrected chi connectivity index (χ2v) is 10.5. The van der Waals surface area contributed by atoms with Gasteiger partial charge in [0.2, 0.25) is 11.0 Å². The summed E-state index contributed by atoms with van der Waals surface area (Å²) < 4.78 is 3.95. The molecule has 1 atom stereocenters. The summed E-state index contributed by atoms with van der Waals surface area (Å²) in [4.78, 5) is 26.0. The number of aryl methyl sites for hydroxylation is 2. The van der Waals surface area contributed by atoms with Crippen molar-refractivity contribution < 1.29 is 4.79 Å². The van der Waals surface area contributed by atoms with E-state index in [4.69, 9.17) is 0 Å². The minimum Gasteiger partial charge on any atom is -0.330 e. The second-order valence-electron chi connectivity index (χ2n) is 7.95. The number of carbonyl (C=O) groups excluding carboxylic acids is 1. The first-order valence-electron chi connectivity index (χ1n) is 10.7. The zero-order valence-corrected chi connectivity index (χ0v) is 21.3. The van der Waals surface area contributed by atoms with Gasteiger partial charge in [0.05, 0.1) is 16.6 Å². The van der Waals surface area contributed by atoms with Gasteiger partial charge >= 0.3 is 0 Å². The van der Waals surface area contributed by atoms with Crippen LogP contribution in [0.3, 0.4) is 0 Å². The van der Waals surface area contributed by atoms with Crippen molar-refractivity contribution in [1.82, 2.24) is 19.6 Å². The molecule has 8 nitrogen and oxygen atoms in total. The molecule has 0 radical (unpaired) electrons. The van der Waals surface area contributed by atoms with Gasteiger partial charge in [-0.1, -0.05) is 59.5 Å². The lowest BCUT2D eigenvalue weighted by Gasteiger charge is -2.10. The zero-order valence-electron chi connectivity index (χ0n) is 19.6. The predicted molar refractivity (Wildman–Crippen MR) is 139 cm³/mol. The lowest BCUT2D eigenvalue weighted by atomic mass is 10.1. The van der Waals surface area contributed by atoms with Crippen LogP contribution in [0.2, 0.25) is 0 Å². The van der Waals surface area contributed by atoms with Gasteiger partial charge in [0.1, 0.15) is 5.69 Å². The normalized spacial score (nSPS) is 11.9. The molecule has 0 aliphatic carbocycles. The van der Waals surface area contributed by atoms with Crippen LogP contribution in [0.5, 0.6) is 0 Å². The highest BCUT2D eigenvalue weighted by Crippen LogP contribution is 2.32. The second kappa shape index (κ2) is 9.86. The molecule has 0 fully saturated rings. The van der Waals surface area contributed by atoms with Crippen molar-refractivity contribution >= 4 is 45.5 Å². The predicted octanol–water partition coefficient (Wildman–Crippen LogP) is 4.82. The van der Waals surface area contributed by atoms with Gasteiger partial charge < -0.3 is 10.6 Å². The number of rotatable bonds is 7. The number of nitrogens with one attached hydrogen (secondary N) is 2. The molecule has 0 unspecified atom stereocenters. The Bertz CT molecular complexity index is 1370. The fourth-order valence-electron chi connectivity index (χ4n) is 3.57. The van der Waals surface area contributed by atoms with Gasteiger partial charge in [0, 0.05) is 12.7 Å². The van der Waals surface area contributed by atoms with Crippen LogP contribution >= 0.6 is 23.1 Å². The SMILES string of the molecule is Cc1cccc(C)c1Nc1nnc(S[C@@H](C)C(=O)Nc2c(C)n(C)n(-c3ccccc3)c2=O)s1. The number of aromatic nitrogens is 4. The van der Waals surface area contributed by atoms with Crippen LogP contribution in [-0.4, -0.2) is 30.7 Å².